The van der Waals surface area contributed by atoms with Crippen LogP contribution in [0.15, 0.2) is 36.5 Å². The molecule has 0 aromatic heterocycles. The first-order chi connectivity index (χ1) is 14.5. The van der Waals surface area contributed by atoms with Crippen molar-refractivity contribution in [1.29, 1.82) is 0 Å². The molecule has 8 heteroatoms. The van der Waals surface area contributed by atoms with Gasteiger partial charge in [0, 0.05) is 19.5 Å². The topological polar surface area (TPSA) is 108 Å². The Labute approximate surface area is 182 Å². The van der Waals surface area contributed by atoms with E-state index in [-0.39, 0.29) is 32.2 Å². The van der Waals surface area contributed by atoms with E-state index in [4.69, 9.17) is 9.63 Å². The van der Waals surface area contributed by atoms with Crippen LogP contribution >= 0.6 is 7.75 Å². The Hall–Kier alpha value is -1.24. The maximum Gasteiger partial charge on any atom is 0.403 e. The molecule has 0 saturated carbocycles. The van der Waals surface area contributed by atoms with Gasteiger partial charge in [0.2, 0.25) is 5.91 Å². The van der Waals surface area contributed by atoms with E-state index >= 15 is 0 Å². The zero-order valence-corrected chi connectivity index (χ0v) is 19.3. The number of aliphatic hydroxyl groups is 1. The third-order valence-corrected chi connectivity index (χ3v) is 5.32. The molecule has 30 heavy (non-hydrogen) atoms. The number of aliphatic hydroxyl groups excluding tert-OH is 1. The number of hydrogen-bond acceptors (Lipinski definition) is 4. The van der Waals surface area contributed by atoms with E-state index in [0.717, 1.165) is 44.9 Å². The molecule has 0 aromatic carbocycles. The van der Waals surface area contributed by atoms with Crippen LogP contribution in [0.4, 0.5) is 0 Å². The van der Waals surface area contributed by atoms with Gasteiger partial charge in [-0.1, -0.05) is 62.6 Å². The van der Waals surface area contributed by atoms with E-state index in [1.165, 1.54) is 12.8 Å². The van der Waals surface area contributed by atoms with Gasteiger partial charge in [-0.05, 0) is 38.5 Å². The average molecular weight is 445 g/mol. The molecule has 0 aliphatic carbocycles. The second-order valence-corrected chi connectivity index (χ2v) is 8.55. The Kier molecular flexibility index (Phi) is 20.1. The first kappa shape index (κ1) is 28.8. The van der Waals surface area contributed by atoms with Crippen molar-refractivity contribution < 1.29 is 23.9 Å². The fraction of sp³-hybridized carbons (Fsp3) is 0.682. The van der Waals surface area contributed by atoms with Gasteiger partial charge in [-0.2, -0.15) is 0 Å². The molecule has 1 amide bonds. The van der Waals surface area contributed by atoms with Gasteiger partial charge < -0.3 is 15.3 Å². The molecule has 0 aliphatic heterocycles. The van der Waals surface area contributed by atoms with Gasteiger partial charge in [0.25, 0.3) is 0 Å². The normalized spacial score (nSPS) is 14.1. The monoisotopic (exact) mass is 444 g/mol. The Bertz CT molecular complexity index is 550. The van der Waals surface area contributed by atoms with E-state index in [9.17, 15) is 14.3 Å². The average Bonchev–Trinajstić information content (AvgIpc) is 2.72. The summed E-state index contributed by atoms with van der Waals surface area (Å²) in [5, 5.41) is 13.5. The van der Waals surface area contributed by atoms with Gasteiger partial charge in [-0.3, -0.25) is 9.32 Å². The predicted molar refractivity (Wildman–Crippen MR) is 123 cm³/mol. The van der Waals surface area contributed by atoms with E-state index in [2.05, 4.69) is 53.8 Å². The Morgan fingerprint density at radius 1 is 0.933 bits per heavy atom. The molecule has 7 nitrogen and oxygen atoms in total. The van der Waals surface area contributed by atoms with Crippen molar-refractivity contribution in [2.75, 3.05) is 26.3 Å². The molecule has 0 aromatic rings. The molecule has 0 heterocycles. The molecule has 0 saturated heterocycles. The number of allylic oxidation sites excluding steroid dienone is 6. The molecule has 4 N–H and O–H groups in total. The summed E-state index contributed by atoms with van der Waals surface area (Å²) in [4.78, 5) is 21.1. The van der Waals surface area contributed by atoms with Crippen LogP contribution in [0.5, 0.6) is 0 Å². The third kappa shape index (κ3) is 21.5. The smallest absolute Gasteiger partial charge is 0.395 e. The molecule has 0 radical (unpaired) electrons. The lowest BCUT2D eigenvalue weighted by Gasteiger charge is -2.12. The number of hydrogen-bond donors (Lipinski definition) is 4. The van der Waals surface area contributed by atoms with E-state index in [0.29, 0.717) is 6.42 Å². The number of carbonyl (C=O) groups excluding carboxylic acids is 1. The zero-order valence-electron chi connectivity index (χ0n) is 18.4. The Morgan fingerprint density at radius 3 is 2.27 bits per heavy atom. The van der Waals surface area contributed by atoms with Gasteiger partial charge in [0.1, 0.15) is 0 Å². The molecule has 0 spiro atoms. The highest BCUT2D eigenvalue weighted by Gasteiger charge is 2.17. The lowest BCUT2D eigenvalue weighted by atomic mass is 10.1. The maximum atomic E-state index is 11.7. The molecule has 174 valence electrons. The van der Waals surface area contributed by atoms with Crippen molar-refractivity contribution in [3.8, 4) is 0 Å². The highest BCUT2D eigenvalue weighted by Crippen LogP contribution is 2.35. The molecule has 0 fully saturated rings. The van der Waals surface area contributed by atoms with Gasteiger partial charge >= 0.3 is 7.75 Å². The fourth-order valence-electron chi connectivity index (χ4n) is 2.59. The fourth-order valence-corrected chi connectivity index (χ4v) is 3.40. The van der Waals surface area contributed by atoms with Crippen LogP contribution in [-0.4, -0.2) is 42.2 Å². The van der Waals surface area contributed by atoms with Crippen LogP contribution in [0.2, 0.25) is 0 Å². The lowest BCUT2D eigenvalue weighted by Crippen LogP contribution is -2.27. The summed E-state index contributed by atoms with van der Waals surface area (Å²) in [5.41, 5.74) is 0. The first-order valence-corrected chi connectivity index (χ1v) is 12.6. The second kappa shape index (κ2) is 21.0. The maximum absolute atomic E-state index is 11.7. The highest BCUT2D eigenvalue weighted by molar-refractivity contribution is 7.50. The Morgan fingerprint density at radius 2 is 1.57 bits per heavy atom. The molecular weight excluding hydrogens is 403 g/mol. The van der Waals surface area contributed by atoms with Gasteiger partial charge in [-0.25, -0.2) is 9.65 Å². The number of carbonyl (C=O) groups is 1. The summed E-state index contributed by atoms with van der Waals surface area (Å²) in [6.07, 6.45) is 23.2. The minimum Gasteiger partial charge on any atom is -0.395 e. The SMILES string of the molecule is CCC=CCC=CCC=CCCCCCCCC(=O)NCCOP(=O)(O)NCCO. The predicted octanol–water partition coefficient (Wildman–Crippen LogP) is 4.39. The highest BCUT2D eigenvalue weighted by atomic mass is 31.2. The van der Waals surface area contributed by atoms with E-state index < -0.39 is 7.75 Å². The van der Waals surface area contributed by atoms with E-state index in [1.54, 1.807) is 0 Å². The molecule has 1 unspecified atom stereocenters. The summed E-state index contributed by atoms with van der Waals surface area (Å²) in [6.45, 7) is 1.99. The van der Waals surface area contributed by atoms with Gasteiger partial charge in [0.15, 0.2) is 0 Å². The van der Waals surface area contributed by atoms with Crippen LogP contribution in [-0.2, 0) is 13.9 Å². The van der Waals surface area contributed by atoms with Gasteiger partial charge in [-0.15, -0.1) is 0 Å². The van der Waals surface area contributed by atoms with Crippen molar-refractivity contribution >= 4 is 13.7 Å². The van der Waals surface area contributed by atoms with Crippen LogP contribution in [0.25, 0.3) is 0 Å². The molecular formula is C22H41N2O5P. The minimum atomic E-state index is -3.89. The van der Waals surface area contributed by atoms with Crippen molar-refractivity contribution in [1.82, 2.24) is 10.4 Å². The molecule has 0 bridgehead atoms. The van der Waals surface area contributed by atoms with Crippen molar-refractivity contribution in [3.63, 3.8) is 0 Å². The third-order valence-electron chi connectivity index (χ3n) is 4.17. The molecule has 1 atom stereocenters. The summed E-state index contributed by atoms with van der Waals surface area (Å²) in [6, 6.07) is 0. The number of rotatable bonds is 20. The van der Waals surface area contributed by atoms with Crippen LogP contribution in [0.1, 0.15) is 71.1 Å². The number of nitrogens with one attached hydrogen (secondary N) is 2. The minimum absolute atomic E-state index is 0.0228. The summed E-state index contributed by atoms with van der Waals surface area (Å²) in [7, 11) is -3.89. The largest absolute Gasteiger partial charge is 0.403 e. The zero-order chi connectivity index (χ0) is 22.3. The first-order valence-electron chi connectivity index (χ1n) is 11.1. The van der Waals surface area contributed by atoms with Crippen molar-refractivity contribution in [2.24, 2.45) is 0 Å². The van der Waals surface area contributed by atoms with Crippen LogP contribution < -0.4 is 10.4 Å². The number of unbranched alkanes of at least 4 members (excludes halogenated alkanes) is 5. The number of amides is 1. The standard InChI is InChI=1S/C22H41N2O5P/c1-2-3-4-5-6-7-8-9-10-11-12-13-14-15-16-17-22(26)23-19-21-29-30(27,28)24-18-20-25/h3-4,6-7,9-10,25H,2,5,8,11-21H2,1H3,(H,23,26)(H2,24,27,28). The summed E-state index contributed by atoms with van der Waals surface area (Å²) in [5.74, 6) is -0.0733. The van der Waals surface area contributed by atoms with Crippen molar-refractivity contribution in [2.45, 2.75) is 71.1 Å². The second-order valence-electron chi connectivity index (χ2n) is 6.94. The quantitative estimate of drug-likeness (QED) is 0.126. The molecule has 0 rings (SSSR count). The Balaban J connectivity index is 3.45. The van der Waals surface area contributed by atoms with Crippen LogP contribution in [0, 0.1) is 0 Å². The van der Waals surface area contributed by atoms with Crippen molar-refractivity contribution in [3.05, 3.63) is 36.5 Å². The molecule has 0 aliphatic rings. The summed E-state index contributed by atoms with van der Waals surface area (Å²) >= 11 is 0. The van der Waals surface area contributed by atoms with E-state index in [1.807, 2.05) is 0 Å². The lowest BCUT2D eigenvalue weighted by molar-refractivity contribution is -0.121. The van der Waals surface area contributed by atoms with Gasteiger partial charge in [0.05, 0.1) is 13.2 Å². The summed E-state index contributed by atoms with van der Waals surface area (Å²) < 4.78 is 16.2. The van der Waals surface area contributed by atoms with Crippen LogP contribution in [0.3, 0.4) is 0 Å².